The van der Waals surface area contributed by atoms with Crippen LogP contribution in [0.4, 0.5) is 0 Å². The van der Waals surface area contributed by atoms with Crippen molar-refractivity contribution in [3.8, 4) is 34.0 Å². The Bertz CT molecular complexity index is 2290. The third-order valence-corrected chi connectivity index (χ3v) is 11.2. The first-order valence-corrected chi connectivity index (χ1v) is 19.8. The van der Waals surface area contributed by atoms with E-state index >= 15 is 0 Å². The number of aromatic amines is 2. The van der Waals surface area contributed by atoms with Crippen molar-refractivity contribution >= 4 is 11.8 Å². The second-order valence-electron chi connectivity index (χ2n) is 15.5. The van der Waals surface area contributed by atoms with E-state index in [9.17, 15) is 9.59 Å². The molecule has 4 unspecified atom stereocenters. The highest BCUT2D eigenvalue weighted by atomic mass is 16.5. The fourth-order valence-electron chi connectivity index (χ4n) is 8.41. The van der Waals surface area contributed by atoms with Gasteiger partial charge in [0.25, 0.3) is 0 Å². The molecule has 0 saturated carbocycles. The molecule has 11 nitrogen and oxygen atoms in total. The third-order valence-electron chi connectivity index (χ3n) is 11.2. The molecular weight excluding hydrogens is 713 g/mol. The maximum absolute atomic E-state index is 13.9. The SMILES string of the molecule is CN(C)C(C(=O)N1CCCC1c1ncc(-c2ccc(Oc3cccc(-c4cnc(C5CCCN5C(=O)C(c5ccccc5)N(C)C)[nH]4)c3)cc2)[nH]1)c1ccccc1. The Morgan fingerprint density at radius 3 is 1.60 bits per heavy atom. The zero-order chi connectivity index (χ0) is 39.5. The van der Waals surface area contributed by atoms with Crippen molar-refractivity contribution in [1.82, 2.24) is 39.5 Å². The van der Waals surface area contributed by atoms with Crippen LogP contribution in [0, 0.1) is 0 Å². The molecule has 292 valence electrons. The van der Waals surface area contributed by atoms with Gasteiger partial charge in [0.2, 0.25) is 11.8 Å². The Labute approximate surface area is 334 Å². The van der Waals surface area contributed by atoms with Gasteiger partial charge in [-0.1, -0.05) is 72.8 Å². The number of ether oxygens (including phenoxy) is 1. The van der Waals surface area contributed by atoms with Crippen molar-refractivity contribution in [2.75, 3.05) is 41.3 Å². The normalized spacial score (nSPS) is 18.0. The lowest BCUT2D eigenvalue weighted by atomic mass is 10.0. The van der Waals surface area contributed by atoms with Gasteiger partial charge >= 0.3 is 0 Å². The molecule has 0 aliphatic carbocycles. The van der Waals surface area contributed by atoms with Crippen LogP contribution in [0.3, 0.4) is 0 Å². The van der Waals surface area contributed by atoms with E-state index in [0.717, 1.165) is 71.0 Å². The summed E-state index contributed by atoms with van der Waals surface area (Å²) in [5, 5.41) is 0. The number of rotatable bonds is 12. The Morgan fingerprint density at radius 2 is 1.11 bits per heavy atom. The molecule has 2 fully saturated rings. The van der Waals surface area contributed by atoms with Crippen LogP contribution < -0.4 is 4.74 Å². The van der Waals surface area contributed by atoms with Crippen LogP contribution in [0.15, 0.2) is 122 Å². The van der Waals surface area contributed by atoms with Crippen molar-refractivity contribution in [3.05, 3.63) is 144 Å². The molecule has 4 aromatic carbocycles. The summed E-state index contributed by atoms with van der Waals surface area (Å²) in [6.45, 7) is 1.41. The molecule has 57 heavy (non-hydrogen) atoms. The largest absolute Gasteiger partial charge is 0.457 e. The highest BCUT2D eigenvalue weighted by Crippen LogP contribution is 2.37. The van der Waals surface area contributed by atoms with Crippen molar-refractivity contribution in [2.24, 2.45) is 0 Å². The molecule has 4 heterocycles. The molecule has 2 saturated heterocycles. The number of amides is 2. The van der Waals surface area contributed by atoms with Gasteiger partial charge < -0.3 is 24.5 Å². The average Bonchev–Trinajstić information content (AvgIpc) is 4.06. The van der Waals surface area contributed by atoms with Gasteiger partial charge in [0.1, 0.15) is 35.2 Å². The molecule has 2 aliphatic heterocycles. The zero-order valence-electron chi connectivity index (χ0n) is 33.0. The summed E-state index contributed by atoms with van der Waals surface area (Å²) in [5.74, 6) is 3.19. The first kappa shape index (κ1) is 37.9. The van der Waals surface area contributed by atoms with E-state index in [4.69, 9.17) is 14.7 Å². The summed E-state index contributed by atoms with van der Waals surface area (Å²) in [6, 6.07) is 34.8. The maximum Gasteiger partial charge on any atom is 0.245 e. The molecule has 2 N–H and O–H groups in total. The lowest BCUT2D eigenvalue weighted by Crippen LogP contribution is -2.40. The predicted octanol–water partition coefficient (Wildman–Crippen LogP) is 8.19. The summed E-state index contributed by atoms with van der Waals surface area (Å²) in [4.78, 5) is 52.3. The van der Waals surface area contributed by atoms with Gasteiger partial charge in [-0.3, -0.25) is 19.4 Å². The maximum atomic E-state index is 13.9. The van der Waals surface area contributed by atoms with E-state index in [-0.39, 0.29) is 36.0 Å². The molecule has 0 radical (unpaired) electrons. The number of carbonyl (C=O) groups excluding carboxylic acids is 2. The molecule has 6 aromatic rings. The minimum atomic E-state index is -0.359. The number of benzene rings is 4. The summed E-state index contributed by atoms with van der Waals surface area (Å²) in [6.07, 6.45) is 7.27. The van der Waals surface area contributed by atoms with Crippen LogP contribution in [0.2, 0.25) is 0 Å². The van der Waals surface area contributed by atoms with Gasteiger partial charge in [0.05, 0.1) is 35.9 Å². The predicted molar refractivity (Wildman–Crippen MR) is 221 cm³/mol. The molecule has 4 atom stereocenters. The number of nitrogens with one attached hydrogen (secondary N) is 2. The number of hydrogen-bond donors (Lipinski definition) is 2. The van der Waals surface area contributed by atoms with Crippen LogP contribution in [0.5, 0.6) is 11.5 Å². The Hall–Kier alpha value is -6.04. The quantitative estimate of drug-likeness (QED) is 0.129. The minimum absolute atomic E-state index is 0.0887. The molecular formula is C46H50N8O3. The Morgan fingerprint density at radius 1 is 0.614 bits per heavy atom. The van der Waals surface area contributed by atoms with Crippen LogP contribution in [-0.4, -0.2) is 92.6 Å². The summed E-state index contributed by atoms with van der Waals surface area (Å²) in [7, 11) is 7.81. The molecule has 11 heteroatoms. The molecule has 8 rings (SSSR count). The zero-order valence-corrected chi connectivity index (χ0v) is 33.0. The molecule has 0 spiro atoms. The number of nitrogens with zero attached hydrogens (tertiary/aromatic N) is 6. The van der Waals surface area contributed by atoms with Crippen molar-refractivity contribution in [1.29, 1.82) is 0 Å². The highest BCUT2D eigenvalue weighted by Gasteiger charge is 2.38. The number of hydrogen-bond acceptors (Lipinski definition) is 7. The van der Waals surface area contributed by atoms with E-state index in [0.29, 0.717) is 24.6 Å². The first-order chi connectivity index (χ1) is 27.7. The van der Waals surface area contributed by atoms with Crippen LogP contribution in [0.1, 0.15) is 72.6 Å². The van der Waals surface area contributed by atoms with Gasteiger partial charge in [-0.15, -0.1) is 0 Å². The fourth-order valence-corrected chi connectivity index (χ4v) is 8.41. The van der Waals surface area contributed by atoms with Gasteiger partial charge in [0.15, 0.2) is 0 Å². The summed E-state index contributed by atoms with van der Waals surface area (Å²) < 4.78 is 6.32. The molecule has 0 bridgehead atoms. The molecule has 2 aromatic heterocycles. The van der Waals surface area contributed by atoms with Gasteiger partial charge in [-0.25, -0.2) is 9.97 Å². The monoisotopic (exact) mass is 762 g/mol. The standard InChI is InChI=1S/C46H50N8O3/c1-51(2)41(32-14-7-5-8-15-32)45(55)53-26-12-20-39(53)43-47-29-37(49-43)31-22-24-35(25-23-31)57-36-19-11-18-34(28-36)38-30-48-44(50-38)40-21-13-27-54(40)46(56)42(52(3)4)33-16-9-6-10-17-33/h5-11,14-19,22-25,28-30,39-42H,12-13,20-21,26-27H2,1-4H3,(H,47,49)(H,48,50). The van der Waals surface area contributed by atoms with E-state index in [1.54, 1.807) is 0 Å². The first-order valence-electron chi connectivity index (χ1n) is 19.8. The second kappa shape index (κ2) is 16.6. The number of aromatic nitrogens is 4. The lowest BCUT2D eigenvalue weighted by Gasteiger charge is -2.31. The smallest absolute Gasteiger partial charge is 0.245 e. The number of likely N-dealkylation sites (N-methyl/N-ethyl adjacent to an activating group) is 2. The molecule has 2 amide bonds. The van der Waals surface area contributed by atoms with Crippen molar-refractivity contribution in [2.45, 2.75) is 49.9 Å². The Balaban J connectivity index is 0.925. The van der Waals surface area contributed by atoms with E-state index < -0.39 is 0 Å². The van der Waals surface area contributed by atoms with Crippen LogP contribution in [-0.2, 0) is 9.59 Å². The third kappa shape index (κ3) is 7.99. The second-order valence-corrected chi connectivity index (χ2v) is 15.5. The average molecular weight is 763 g/mol. The minimum Gasteiger partial charge on any atom is -0.457 e. The van der Waals surface area contributed by atoms with E-state index in [1.165, 1.54) is 0 Å². The van der Waals surface area contributed by atoms with Gasteiger partial charge in [-0.05, 0) is 107 Å². The van der Waals surface area contributed by atoms with E-state index in [2.05, 4.69) is 9.97 Å². The molecule has 2 aliphatic rings. The van der Waals surface area contributed by atoms with Crippen molar-refractivity contribution < 1.29 is 14.3 Å². The van der Waals surface area contributed by atoms with Gasteiger partial charge in [0, 0.05) is 18.7 Å². The van der Waals surface area contributed by atoms with Crippen LogP contribution in [0.25, 0.3) is 22.5 Å². The highest BCUT2D eigenvalue weighted by molar-refractivity contribution is 5.84. The number of likely N-dealkylation sites (tertiary alicyclic amines) is 2. The fraction of sp³-hybridized carbons (Fsp3) is 0.304. The number of carbonyl (C=O) groups is 2. The van der Waals surface area contributed by atoms with Gasteiger partial charge in [-0.2, -0.15) is 0 Å². The van der Waals surface area contributed by atoms with Crippen molar-refractivity contribution in [3.63, 3.8) is 0 Å². The summed E-state index contributed by atoms with van der Waals surface area (Å²) >= 11 is 0. The number of H-pyrrole nitrogens is 2. The lowest BCUT2D eigenvalue weighted by molar-refractivity contribution is -0.138. The topological polar surface area (TPSA) is 114 Å². The van der Waals surface area contributed by atoms with E-state index in [1.807, 2.05) is 169 Å². The van der Waals surface area contributed by atoms with Crippen LogP contribution >= 0.6 is 0 Å². The number of imidazole rings is 2. The Kier molecular flexibility index (Phi) is 11.0. The summed E-state index contributed by atoms with van der Waals surface area (Å²) in [5.41, 5.74) is 5.65.